The Balaban J connectivity index is 1.62. The van der Waals surface area contributed by atoms with E-state index in [1.165, 1.54) is 0 Å². The van der Waals surface area contributed by atoms with Crippen LogP contribution >= 0.6 is 0 Å². The molecule has 0 unspecified atom stereocenters. The van der Waals surface area contributed by atoms with Gasteiger partial charge in [-0.3, -0.25) is 9.59 Å². The van der Waals surface area contributed by atoms with Gasteiger partial charge in [-0.05, 0) is 12.8 Å². The molecule has 0 aromatic carbocycles. The van der Waals surface area contributed by atoms with Crippen LogP contribution in [-0.4, -0.2) is 44.7 Å². The highest BCUT2D eigenvalue weighted by Crippen LogP contribution is 2.27. The third kappa shape index (κ3) is 4.26. The molecule has 0 bridgehead atoms. The molecule has 0 aliphatic carbocycles. The topological polar surface area (TPSA) is 93.3 Å². The quantitative estimate of drug-likeness (QED) is 0.867. The maximum atomic E-state index is 12.7. The Morgan fingerprint density at radius 1 is 1.25 bits per heavy atom. The molecule has 152 valence electrons. The van der Waals surface area contributed by atoms with E-state index in [4.69, 9.17) is 4.52 Å². The molecule has 0 spiro atoms. The number of hydrogen-bond acceptors (Lipinski definition) is 5. The Kier molecular flexibility index (Phi) is 5.58. The van der Waals surface area contributed by atoms with Gasteiger partial charge in [-0.1, -0.05) is 39.8 Å². The number of amides is 2. The SMILES string of the molecule is CC(C)c1cc(C(=O)N2CCC(n3nccc3NC(=O)C(C)(C)C)CC2)no1. The summed E-state index contributed by atoms with van der Waals surface area (Å²) in [5.41, 5.74) is -0.114. The number of hydrogen-bond donors (Lipinski definition) is 1. The van der Waals surface area contributed by atoms with E-state index in [1.807, 2.05) is 45.4 Å². The van der Waals surface area contributed by atoms with E-state index >= 15 is 0 Å². The summed E-state index contributed by atoms with van der Waals surface area (Å²) >= 11 is 0. The Hall–Kier alpha value is -2.64. The summed E-state index contributed by atoms with van der Waals surface area (Å²) < 4.78 is 7.11. The van der Waals surface area contributed by atoms with E-state index in [0.29, 0.717) is 30.4 Å². The summed E-state index contributed by atoms with van der Waals surface area (Å²) in [4.78, 5) is 26.8. The summed E-state index contributed by atoms with van der Waals surface area (Å²) in [6.07, 6.45) is 3.22. The second-order valence-electron chi connectivity index (χ2n) is 8.66. The van der Waals surface area contributed by atoms with Gasteiger partial charge in [-0.25, -0.2) is 4.68 Å². The zero-order valence-corrected chi connectivity index (χ0v) is 17.2. The summed E-state index contributed by atoms with van der Waals surface area (Å²) in [5, 5.41) is 11.3. The third-order valence-corrected chi connectivity index (χ3v) is 5.01. The maximum Gasteiger partial charge on any atom is 0.276 e. The van der Waals surface area contributed by atoms with Crippen molar-refractivity contribution in [3.05, 3.63) is 29.8 Å². The molecule has 3 rings (SSSR count). The molecule has 0 atom stereocenters. The van der Waals surface area contributed by atoms with Crippen LogP contribution in [0, 0.1) is 5.41 Å². The number of nitrogens with one attached hydrogen (secondary N) is 1. The fourth-order valence-electron chi connectivity index (χ4n) is 3.15. The molecular weight excluding hydrogens is 358 g/mol. The highest BCUT2D eigenvalue weighted by atomic mass is 16.5. The standard InChI is InChI=1S/C20H29N5O3/c1-13(2)16-12-15(23-28-16)18(26)24-10-7-14(8-11-24)25-17(6-9-21-25)22-19(27)20(3,4)5/h6,9,12-14H,7-8,10-11H2,1-5H3,(H,22,27). The number of likely N-dealkylation sites (tertiary alicyclic amines) is 1. The number of carbonyl (C=O) groups is 2. The molecule has 1 N–H and O–H groups in total. The van der Waals surface area contributed by atoms with Crippen molar-refractivity contribution in [2.24, 2.45) is 5.41 Å². The summed E-state index contributed by atoms with van der Waals surface area (Å²) in [6.45, 7) is 10.9. The molecule has 2 aromatic rings. The van der Waals surface area contributed by atoms with Crippen molar-refractivity contribution < 1.29 is 14.1 Å². The van der Waals surface area contributed by atoms with Gasteiger partial charge in [-0.2, -0.15) is 5.10 Å². The zero-order chi connectivity index (χ0) is 20.5. The second-order valence-corrected chi connectivity index (χ2v) is 8.66. The summed E-state index contributed by atoms with van der Waals surface area (Å²) in [7, 11) is 0. The molecule has 0 radical (unpaired) electrons. The number of rotatable bonds is 4. The molecule has 8 nitrogen and oxygen atoms in total. The van der Waals surface area contributed by atoms with Crippen molar-refractivity contribution in [3.8, 4) is 0 Å². The lowest BCUT2D eigenvalue weighted by Crippen LogP contribution is -2.39. The van der Waals surface area contributed by atoms with Gasteiger partial charge in [0.15, 0.2) is 5.69 Å². The monoisotopic (exact) mass is 387 g/mol. The lowest BCUT2D eigenvalue weighted by Gasteiger charge is -2.32. The van der Waals surface area contributed by atoms with Crippen LogP contribution in [0.3, 0.4) is 0 Å². The Bertz CT molecular complexity index is 838. The van der Waals surface area contributed by atoms with Crippen molar-refractivity contribution in [2.75, 3.05) is 18.4 Å². The minimum atomic E-state index is -0.475. The van der Waals surface area contributed by atoms with E-state index in [1.54, 1.807) is 17.2 Å². The van der Waals surface area contributed by atoms with Gasteiger partial charge in [-0.15, -0.1) is 0 Å². The van der Waals surface area contributed by atoms with Gasteiger partial charge in [0.05, 0.1) is 12.2 Å². The van der Waals surface area contributed by atoms with Crippen molar-refractivity contribution in [2.45, 2.75) is 59.4 Å². The van der Waals surface area contributed by atoms with Gasteiger partial charge < -0.3 is 14.7 Å². The maximum absolute atomic E-state index is 12.7. The van der Waals surface area contributed by atoms with Crippen LogP contribution in [0.2, 0.25) is 0 Å². The molecule has 3 heterocycles. The van der Waals surface area contributed by atoms with Crippen molar-refractivity contribution in [1.29, 1.82) is 0 Å². The fraction of sp³-hybridized carbons (Fsp3) is 0.600. The molecule has 8 heteroatoms. The molecule has 1 saturated heterocycles. The van der Waals surface area contributed by atoms with Crippen LogP contribution in [-0.2, 0) is 4.79 Å². The van der Waals surface area contributed by atoms with E-state index < -0.39 is 5.41 Å². The Labute approximate surface area is 165 Å². The molecule has 28 heavy (non-hydrogen) atoms. The number of carbonyl (C=O) groups excluding carboxylic acids is 2. The van der Waals surface area contributed by atoms with Gasteiger partial charge >= 0.3 is 0 Å². The molecule has 2 aromatic heterocycles. The minimum Gasteiger partial charge on any atom is -0.360 e. The summed E-state index contributed by atoms with van der Waals surface area (Å²) in [5.74, 6) is 1.46. The van der Waals surface area contributed by atoms with Crippen LogP contribution in [0.1, 0.15) is 75.7 Å². The highest BCUT2D eigenvalue weighted by Gasteiger charge is 2.29. The van der Waals surface area contributed by atoms with Gasteiger partial charge in [0.2, 0.25) is 5.91 Å². The van der Waals surface area contributed by atoms with E-state index in [2.05, 4.69) is 15.6 Å². The highest BCUT2D eigenvalue weighted by molar-refractivity contribution is 5.94. The number of anilines is 1. The first-order chi connectivity index (χ1) is 13.2. The van der Waals surface area contributed by atoms with Crippen LogP contribution in [0.15, 0.2) is 22.9 Å². The predicted octanol–water partition coefficient (Wildman–Crippen LogP) is 3.46. The van der Waals surface area contributed by atoms with Crippen LogP contribution < -0.4 is 5.32 Å². The lowest BCUT2D eigenvalue weighted by atomic mass is 9.96. The van der Waals surface area contributed by atoms with E-state index in [0.717, 1.165) is 12.8 Å². The average molecular weight is 387 g/mol. The molecule has 1 aliphatic heterocycles. The molecule has 1 aliphatic rings. The smallest absolute Gasteiger partial charge is 0.276 e. The summed E-state index contributed by atoms with van der Waals surface area (Å²) in [6, 6.07) is 3.68. The van der Waals surface area contributed by atoms with Crippen molar-refractivity contribution in [1.82, 2.24) is 19.8 Å². The Morgan fingerprint density at radius 2 is 1.93 bits per heavy atom. The molecule has 2 amide bonds. The first-order valence-corrected chi connectivity index (χ1v) is 9.77. The minimum absolute atomic E-state index is 0.0474. The first-order valence-electron chi connectivity index (χ1n) is 9.77. The van der Waals surface area contributed by atoms with E-state index in [9.17, 15) is 9.59 Å². The third-order valence-electron chi connectivity index (χ3n) is 5.01. The van der Waals surface area contributed by atoms with Crippen molar-refractivity contribution >= 4 is 17.6 Å². The van der Waals surface area contributed by atoms with Gasteiger partial charge in [0.25, 0.3) is 5.91 Å². The van der Waals surface area contributed by atoms with Gasteiger partial charge in [0, 0.05) is 36.6 Å². The predicted molar refractivity (Wildman–Crippen MR) is 105 cm³/mol. The van der Waals surface area contributed by atoms with Crippen molar-refractivity contribution in [3.63, 3.8) is 0 Å². The normalized spacial score (nSPS) is 15.9. The average Bonchev–Trinajstić information content (AvgIpc) is 3.30. The van der Waals surface area contributed by atoms with Crippen LogP contribution in [0.25, 0.3) is 0 Å². The molecular formula is C20H29N5O3. The zero-order valence-electron chi connectivity index (χ0n) is 17.2. The van der Waals surface area contributed by atoms with Gasteiger partial charge in [0.1, 0.15) is 11.6 Å². The lowest BCUT2D eigenvalue weighted by molar-refractivity contribution is -0.123. The number of piperidine rings is 1. The second kappa shape index (κ2) is 7.77. The Morgan fingerprint density at radius 3 is 2.50 bits per heavy atom. The molecule has 1 fully saturated rings. The molecule has 0 saturated carbocycles. The van der Waals surface area contributed by atoms with Crippen LogP contribution in [0.5, 0.6) is 0 Å². The first kappa shape index (κ1) is 20.1. The van der Waals surface area contributed by atoms with E-state index in [-0.39, 0.29) is 23.8 Å². The fourth-order valence-corrected chi connectivity index (χ4v) is 3.15. The largest absolute Gasteiger partial charge is 0.360 e. The van der Waals surface area contributed by atoms with Crippen LogP contribution in [0.4, 0.5) is 5.82 Å². The number of nitrogens with zero attached hydrogens (tertiary/aromatic N) is 4. The number of aromatic nitrogens is 3.